The smallest absolute Gasteiger partial charge is 0.312 e. The lowest BCUT2D eigenvalue weighted by Gasteiger charge is -2.63. The highest BCUT2D eigenvalue weighted by Crippen LogP contribution is 2.71. The highest BCUT2D eigenvalue weighted by molar-refractivity contribution is 9.09. The van der Waals surface area contributed by atoms with E-state index in [2.05, 4.69) is 36.4 Å². The molecule has 0 unspecified atom stereocenters. The number of carbonyl (C=O) groups is 2. The van der Waals surface area contributed by atoms with Crippen LogP contribution in [0.25, 0.3) is 0 Å². The van der Waals surface area contributed by atoms with Crippen LogP contribution in [-0.4, -0.2) is 34.4 Å². The Morgan fingerprint density at radius 2 is 1.93 bits per heavy atom. The molecule has 150 valence electrons. The van der Waals surface area contributed by atoms with Crippen LogP contribution in [0.4, 0.5) is 0 Å². The zero-order valence-electron chi connectivity index (χ0n) is 16.5. The van der Waals surface area contributed by atoms with E-state index in [9.17, 15) is 14.7 Å². The average molecular weight is 439 g/mol. The number of aliphatic hydroxyl groups is 1. The van der Waals surface area contributed by atoms with E-state index in [1.807, 2.05) is 0 Å². The number of halogens is 1. The van der Waals surface area contributed by atoms with Crippen molar-refractivity contribution in [2.45, 2.75) is 70.8 Å². The molecule has 0 aromatic heterocycles. The second-order valence-electron chi connectivity index (χ2n) is 9.96. The molecule has 0 saturated heterocycles. The fourth-order valence-corrected chi connectivity index (χ4v) is 7.82. The van der Waals surface area contributed by atoms with E-state index in [1.54, 1.807) is 0 Å². The summed E-state index contributed by atoms with van der Waals surface area (Å²) in [4.78, 5) is 26.2. The molecule has 0 aliphatic heterocycles. The van der Waals surface area contributed by atoms with Gasteiger partial charge in [0.2, 0.25) is 0 Å². The summed E-state index contributed by atoms with van der Waals surface area (Å²) in [7, 11) is 0. The molecular weight excluding hydrogens is 408 g/mol. The van der Waals surface area contributed by atoms with Crippen molar-refractivity contribution >= 4 is 27.7 Å². The molecular formula is C22H31BrO4. The maximum Gasteiger partial charge on any atom is 0.312 e. The summed E-state index contributed by atoms with van der Waals surface area (Å²) < 4.78 is 5.57. The van der Waals surface area contributed by atoms with Crippen molar-refractivity contribution < 1.29 is 19.4 Å². The monoisotopic (exact) mass is 438 g/mol. The SMILES string of the molecule is C=C1C(=O)[C@@]23CC[C@H]4[C@@](C)(CCC[C@@]4(C)C(=O)OCCBr)[C@@H]2CC[C@@]1(O)C3. The Bertz CT molecular complexity index is 704. The molecule has 4 fully saturated rings. The van der Waals surface area contributed by atoms with E-state index in [1.165, 1.54) is 0 Å². The Labute approximate surface area is 170 Å². The number of carbonyl (C=O) groups excluding carboxylic acids is 2. The number of alkyl halides is 1. The van der Waals surface area contributed by atoms with Crippen LogP contribution >= 0.6 is 15.9 Å². The Balaban J connectivity index is 1.71. The fourth-order valence-electron chi connectivity index (χ4n) is 7.66. The number of hydrogen-bond donors (Lipinski definition) is 1. The van der Waals surface area contributed by atoms with E-state index in [0.29, 0.717) is 30.4 Å². The lowest BCUT2D eigenvalue weighted by molar-refractivity contribution is -0.190. The number of hydrogen-bond acceptors (Lipinski definition) is 4. The van der Waals surface area contributed by atoms with Crippen LogP contribution in [0.2, 0.25) is 0 Å². The molecule has 4 aliphatic carbocycles. The van der Waals surface area contributed by atoms with Crippen LogP contribution in [0.15, 0.2) is 12.2 Å². The van der Waals surface area contributed by atoms with Crippen molar-refractivity contribution in [2.75, 3.05) is 11.9 Å². The minimum Gasteiger partial charge on any atom is -0.464 e. The summed E-state index contributed by atoms with van der Waals surface area (Å²) in [5.74, 6) is 0.467. The zero-order chi connectivity index (χ0) is 19.7. The normalized spacial score (nSPS) is 48.7. The summed E-state index contributed by atoms with van der Waals surface area (Å²) in [6.07, 6.45) is 6.51. The number of fused-ring (bicyclic) bond motifs is 3. The largest absolute Gasteiger partial charge is 0.464 e. The highest BCUT2D eigenvalue weighted by Gasteiger charge is 2.71. The topological polar surface area (TPSA) is 63.6 Å². The quantitative estimate of drug-likeness (QED) is 0.407. The minimum atomic E-state index is -0.996. The third kappa shape index (κ3) is 2.43. The molecule has 1 N–H and O–H groups in total. The molecule has 0 radical (unpaired) electrons. The van der Waals surface area contributed by atoms with Gasteiger partial charge in [0.05, 0.1) is 11.0 Å². The van der Waals surface area contributed by atoms with E-state index in [-0.39, 0.29) is 29.0 Å². The van der Waals surface area contributed by atoms with Gasteiger partial charge in [-0.15, -0.1) is 0 Å². The van der Waals surface area contributed by atoms with Crippen molar-refractivity contribution in [3.63, 3.8) is 0 Å². The van der Waals surface area contributed by atoms with Gasteiger partial charge in [-0.2, -0.15) is 0 Å². The Kier molecular flexibility index (Phi) is 4.48. The third-order valence-corrected chi connectivity index (χ3v) is 9.16. The predicted octanol–water partition coefficient (Wildman–Crippen LogP) is 4.19. The summed E-state index contributed by atoms with van der Waals surface area (Å²) in [5.41, 5.74) is -1.58. The van der Waals surface area contributed by atoms with E-state index >= 15 is 0 Å². The Morgan fingerprint density at radius 1 is 1.22 bits per heavy atom. The lowest BCUT2D eigenvalue weighted by atomic mass is 9.40. The van der Waals surface area contributed by atoms with Crippen molar-refractivity contribution in [1.82, 2.24) is 0 Å². The Hall–Kier alpha value is -0.680. The van der Waals surface area contributed by atoms with Crippen LogP contribution in [0.3, 0.4) is 0 Å². The predicted molar refractivity (Wildman–Crippen MR) is 106 cm³/mol. The molecule has 6 atom stereocenters. The third-order valence-electron chi connectivity index (χ3n) is 8.84. The van der Waals surface area contributed by atoms with Crippen LogP contribution in [0.5, 0.6) is 0 Å². The summed E-state index contributed by atoms with van der Waals surface area (Å²) in [6.45, 7) is 8.76. The summed E-state index contributed by atoms with van der Waals surface area (Å²) in [5, 5.41) is 11.6. The number of ether oxygens (including phenoxy) is 1. The van der Waals surface area contributed by atoms with Gasteiger partial charge in [-0.25, -0.2) is 0 Å². The van der Waals surface area contributed by atoms with E-state index in [0.717, 1.165) is 38.5 Å². The van der Waals surface area contributed by atoms with Crippen LogP contribution < -0.4 is 0 Å². The van der Waals surface area contributed by atoms with Gasteiger partial charge in [-0.3, -0.25) is 9.59 Å². The van der Waals surface area contributed by atoms with E-state index in [4.69, 9.17) is 4.74 Å². The molecule has 4 rings (SSSR count). The van der Waals surface area contributed by atoms with Gasteiger partial charge in [0, 0.05) is 16.3 Å². The van der Waals surface area contributed by atoms with Crippen molar-refractivity contribution in [2.24, 2.45) is 28.1 Å². The van der Waals surface area contributed by atoms with Gasteiger partial charge < -0.3 is 9.84 Å². The van der Waals surface area contributed by atoms with Crippen LogP contribution in [-0.2, 0) is 14.3 Å². The first-order valence-electron chi connectivity index (χ1n) is 10.3. The lowest BCUT2D eigenvalue weighted by Crippen LogP contribution is -2.60. The fraction of sp³-hybridized carbons (Fsp3) is 0.818. The first kappa shape index (κ1) is 19.6. The molecule has 4 aliphatic rings. The molecule has 5 heteroatoms. The molecule has 1 spiro atoms. The van der Waals surface area contributed by atoms with Crippen molar-refractivity contribution in [3.05, 3.63) is 12.2 Å². The molecule has 27 heavy (non-hydrogen) atoms. The molecule has 4 saturated carbocycles. The first-order chi connectivity index (χ1) is 12.6. The molecule has 4 nitrogen and oxygen atoms in total. The Morgan fingerprint density at radius 3 is 2.63 bits per heavy atom. The van der Waals surface area contributed by atoms with Crippen LogP contribution in [0, 0.1) is 28.1 Å². The number of rotatable bonds is 3. The van der Waals surface area contributed by atoms with Crippen LogP contribution in [0.1, 0.15) is 65.2 Å². The maximum atomic E-state index is 13.2. The molecule has 0 aromatic carbocycles. The first-order valence-corrected chi connectivity index (χ1v) is 11.5. The second-order valence-corrected chi connectivity index (χ2v) is 10.7. The second kappa shape index (κ2) is 6.16. The van der Waals surface area contributed by atoms with Gasteiger partial charge in [0.25, 0.3) is 0 Å². The standard InChI is InChI=1S/C22H31BrO4/c1-14-17(24)21-9-5-15-19(2,16(21)6-10-22(14,26)13-21)7-4-8-20(15,3)18(25)27-12-11-23/h15-16,26H,1,4-13H2,2-3H3/t15-,16-,19+,20+,21+,22+/m0/s1. The molecule has 0 aromatic rings. The van der Waals surface area contributed by atoms with E-state index < -0.39 is 16.4 Å². The van der Waals surface area contributed by atoms with Gasteiger partial charge in [-0.1, -0.05) is 35.9 Å². The van der Waals surface area contributed by atoms with Gasteiger partial charge >= 0.3 is 5.97 Å². The molecule has 0 heterocycles. The maximum absolute atomic E-state index is 13.2. The van der Waals surface area contributed by atoms with Gasteiger partial charge in [-0.05, 0) is 69.1 Å². The highest BCUT2D eigenvalue weighted by atomic mass is 79.9. The minimum absolute atomic E-state index is 0.0692. The van der Waals surface area contributed by atoms with Crippen molar-refractivity contribution in [3.8, 4) is 0 Å². The zero-order valence-corrected chi connectivity index (χ0v) is 18.1. The van der Waals surface area contributed by atoms with Crippen molar-refractivity contribution in [1.29, 1.82) is 0 Å². The number of esters is 1. The number of Topliss-reactive ketones (excluding diaryl/α,β-unsaturated/α-hetero) is 1. The summed E-state index contributed by atoms with van der Waals surface area (Å²) >= 11 is 3.34. The molecule has 0 amide bonds. The van der Waals surface area contributed by atoms with Gasteiger partial charge in [0.1, 0.15) is 6.61 Å². The molecule has 2 bridgehead atoms. The number of ketones is 1. The average Bonchev–Trinajstić information content (AvgIpc) is 2.76. The van der Waals surface area contributed by atoms with Gasteiger partial charge in [0.15, 0.2) is 5.78 Å². The summed E-state index contributed by atoms with van der Waals surface area (Å²) in [6, 6.07) is 0.